The Labute approximate surface area is 173 Å². The number of furan rings is 1. The Kier molecular flexibility index (Phi) is 5.54. The Bertz CT molecular complexity index is 1250. The number of benzene rings is 3. The predicted octanol–water partition coefficient (Wildman–Crippen LogP) is 4.50. The fourth-order valence-electron chi connectivity index (χ4n) is 2.95. The van der Waals surface area contributed by atoms with Crippen molar-refractivity contribution in [2.24, 2.45) is 5.10 Å². The molecule has 0 aliphatic rings. The highest BCUT2D eigenvalue weighted by Crippen LogP contribution is 2.25. The zero-order valence-corrected chi connectivity index (χ0v) is 15.9. The van der Waals surface area contributed by atoms with Crippen molar-refractivity contribution in [1.29, 1.82) is 5.26 Å². The number of nitrogens with one attached hydrogen (secondary N) is 1. The zero-order chi connectivity index (χ0) is 20.8. The van der Waals surface area contributed by atoms with Gasteiger partial charge in [0.1, 0.15) is 17.3 Å². The quantitative estimate of drug-likeness (QED) is 0.385. The Hall–Kier alpha value is -4.37. The summed E-state index contributed by atoms with van der Waals surface area (Å²) in [6, 6.07) is 26.2. The summed E-state index contributed by atoms with van der Waals surface area (Å²) < 4.78 is 11.3. The summed E-state index contributed by atoms with van der Waals surface area (Å²) >= 11 is 0. The summed E-state index contributed by atoms with van der Waals surface area (Å²) in [6.45, 7) is -0.153. The molecule has 6 heteroatoms. The van der Waals surface area contributed by atoms with E-state index in [1.165, 1.54) is 6.21 Å². The second-order valence-corrected chi connectivity index (χ2v) is 6.45. The number of carbonyl (C=O) groups excluding carboxylic acids is 1. The Balaban J connectivity index is 1.32. The fraction of sp³-hybridized carbons (Fsp3) is 0.0417. The van der Waals surface area contributed by atoms with Crippen LogP contribution in [0.1, 0.15) is 11.3 Å². The molecule has 4 aromatic rings. The molecule has 0 saturated heterocycles. The number of amides is 1. The number of nitrogens with zero attached hydrogens (tertiary/aromatic N) is 2. The molecule has 1 amide bonds. The third kappa shape index (κ3) is 4.37. The SMILES string of the molecule is N#Cc1ccc(-c2ccc(/C=N/NC(=O)COc3cccc4ccccc34)o2)cc1. The van der Waals surface area contributed by atoms with Gasteiger partial charge in [-0.05, 0) is 47.9 Å². The van der Waals surface area contributed by atoms with Gasteiger partial charge in [-0.1, -0.05) is 36.4 Å². The maximum Gasteiger partial charge on any atom is 0.277 e. The molecule has 0 saturated carbocycles. The van der Waals surface area contributed by atoms with Crippen molar-refractivity contribution in [2.45, 2.75) is 0 Å². The van der Waals surface area contributed by atoms with Gasteiger partial charge in [0.2, 0.25) is 0 Å². The van der Waals surface area contributed by atoms with E-state index in [4.69, 9.17) is 14.4 Å². The lowest BCUT2D eigenvalue weighted by Crippen LogP contribution is -2.24. The molecule has 0 fully saturated rings. The second kappa shape index (κ2) is 8.76. The van der Waals surface area contributed by atoms with E-state index >= 15 is 0 Å². The summed E-state index contributed by atoms with van der Waals surface area (Å²) in [5.74, 6) is 1.40. The van der Waals surface area contributed by atoms with Gasteiger partial charge in [0, 0.05) is 10.9 Å². The van der Waals surface area contributed by atoms with Crippen molar-refractivity contribution < 1.29 is 13.9 Å². The van der Waals surface area contributed by atoms with Crippen LogP contribution in [-0.4, -0.2) is 18.7 Å². The minimum absolute atomic E-state index is 0.153. The van der Waals surface area contributed by atoms with Gasteiger partial charge >= 0.3 is 0 Å². The third-order valence-corrected chi connectivity index (χ3v) is 4.41. The maximum atomic E-state index is 12.0. The highest BCUT2D eigenvalue weighted by Gasteiger charge is 2.06. The van der Waals surface area contributed by atoms with Crippen LogP contribution in [0.15, 0.2) is 88.4 Å². The molecule has 0 atom stereocenters. The Morgan fingerprint density at radius 2 is 1.83 bits per heavy atom. The molecule has 6 nitrogen and oxygen atoms in total. The largest absolute Gasteiger partial charge is 0.483 e. The van der Waals surface area contributed by atoms with E-state index in [0.717, 1.165) is 16.3 Å². The highest BCUT2D eigenvalue weighted by atomic mass is 16.5. The van der Waals surface area contributed by atoms with Gasteiger partial charge in [0.15, 0.2) is 6.61 Å². The number of nitriles is 1. The molecule has 0 aliphatic heterocycles. The first kappa shape index (κ1) is 19.0. The maximum absolute atomic E-state index is 12.0. The first-order chi connectivity index (χ1) is 14.7. The molecule has 146 valence electrons. The fourth-order valence-corrected chi connectivity index (χ4v) is 2.95. The van der Waals surface area contributed by atoms with E-state index in [9.17, 15) is 4.79 Å². The van der Waals surface area contributed by atoms with Crippen molar-refractivity contribution in [3.63, 3.8) is 0 Å². The summed E-state index contributed by atoms with van der Waals surface area (Å²) in [5, 5.41) is 14.8. The molecule has 1 N–H and O–H groups in total. The molecule has 0 aliphatic carbocycles. The van der Waals surface area contributed by atoms with Crippen LogP contribution < -0.4 is 10.2 Å². The van der Waals surface area contributed by atoms with Crippen molar-refractivity contribution in [3.8, 4) is 23.1 Å². The average molecular weight is 395 g/mol. The van der Waals surface area contributed by atoms with Crippen molar-refractivity contribution in [1.82, 2.24) is 5.43 Å². The number of hydrazone groups is 1. The van der Waals surface area contributed by atoms with Gasteiger partial charge in [0.05, 0.1) is 17.8 Å². The molecule has 0 unspecified atom stereocenters. The first-order valence-corrected chi connectivity index (χ1v) is 9.26. The summed E-state index contributed by atoms with van der Waals surface area (Å²) in [4.78, 5) is 12.0. The summed E-state index contributed by atoms with van der Waals surface area (Å²) in [5.41, 5.74) is 3.86. The average Bonchev–Trinajstić information content (AvgIpc) is 3.26. The van der Waals surface area contributed by atoms with Gasteiger partial charge in [0.25, 0.3) is 5.91 Å². The molecule has 3 aromatic carbocycles. The summed E-state index contributed by atoms with van der Waals surface area (Å²) in [7, 11) is 0. The summed E-state index contributed by atoms with van der Waals surface area (Å²) in [6.07, 6.45) is 1.42. The molecule has 0 bridgehead atoms. The van der Waals surface area contributed by atoms with Crippen LogP contribution in [0.4, 0.5) is 0 Å². The second-order valence-electron chi connectivity index (χ2n) is 6.45. The number of hydrogen-bond donors (Lipinski definition) is 1. The Morgan fingerprint density at radius 1 is 1.03 bits per heavy atom. The predicted molar refractivity (Wildman–Crippen MR) is 114 cm³/mol. The number of ether oxygens (including phenoxy) is 1. The molecule has 0 spiro atoms. The normalized spacial score (nSPS) is 10.8. The standard InChI is InChI=1S/C24H17N3O3/c25-14-17-8-10-19(11-9-17)22-13-12-20(30-22)15-26-27-24(28)16-29-23-7-3-5-18-4-1-2-6-21(18)23/h1-13,15H,16H2,(H,27,28)/b26-15+. The smallest absolute Gasteiger partial charge is 0.277 e. The molecular formula is C24H17N3O3. The highest BCUT2D eigenvalue weighted by molar-refractivity contribution is 5.88. The molecule has 0 radical (unpaired) electrons. The van der Waals surface area contributed by atoms with Gasteiger partial charge in [-0.3, -0.25) is 4.79 Å². The first-order valence-electron chi connectivity index (χ1n) is 9.26. The van der Waals surface area contributed by atoms with Crippen LogP contribution >= 0.6 is 0 Å². The van der Waals surface area contributed by atoms with E-state index < -0.39 is 0 Å². The lowest BCUT2D eigenvalue weighted by molar-refractivity contribution is -0.123. The topological polar surface area (TPSA) is 87.6 Å². The van der Waals surface area contributed by atoms with Crippen LogP contribution in [-0.2, 0) is 4.79 Å². The van der Waals surface area contributed by atoms with Gasteiger partial charge in [-0.2, -0.15) is 10.4 Å². The zero-order valence-electron chi connectivity index (χ0n) is 15.9. The number of carbonyl (C=O) groups is 1. The number of fused-ring (bicyclic) bond motifs is 1. The molecule has 4 rings (SSSR count). The molecule has 30 heavy (non-hydrogen) atoms. The monoisotopic (exact) mass is 395 g/mol. The third-order valence-electron chi connectivity index (χ3n) is 4.41. The van der Waals surface area contributed by atoms with Crippen molar-refractivity contribution in [3.05, 3.63) is 90.2 Å². The molecule has 1 aromatic heterocycles. The van der Waals surface area contributed by atoms with E-state index in [2.05, 4.69) is 16.6 Å². The van der Waals surface area contributed by atoms with E-state index in [0.29, 0.717) is 22.8 Å². The van der Waals surface area contributed by atoms with Gasteiger partial charge < -0.3 is 9.15 Å². The van der Waals surface area contributed by atoms with Crippen molar-refractivity contribution in [2.75, 3.05) is 6.61 Å². The minimum atomic E-state index is -0.377. The van der Waals surface area contributed by atoms with Crippen LogP contribution in [0, 0.1) is 11.3 Å². The van der Waals surface area contributed by atoms with Crippen LogP contribution in [0.2, 0.25) is 0 Å². The van der Waals surface area contributed by atoms with E-state index in [1.54, 1.807) is 24.3 Å². The molecule has 1 heterocycles. The number of hydrogen-bond acceptors (Lipinski definition) is 5. The molecular weight excluding hydrogens is 378 g/mol. The van der Waals surface area contributed by atoms with Gasteiger partial charge in [-0.25, -0.2) is 5.43 Å². The minimum Gasteiger partial charge on any atom is -0.483 e. The van der Waals surface area contributed by atoms with Crippen molar-refractivity contribution >= 4 is 22.9 Å². The van der Waals surface area contributed by atoms with Crippen LogP contribution in [0.25, 0.3) is 22.1 Å². The van der Waals surface area contributed by atoms with Crippen LogP contribution in [0.3, 0.4) is 0 Å². The lowest BCUT2D eigenvalue weighted by atomic mass is 10.1. The van der Waals surface area contributed by atoms with E-state index in [1.807, 2.05) is 54.6 Å². The van der Waals surface area contributed by atoms with Gasteiger partial charge in [-0.15, -0.1) is 0 Å². The van der Waals surface area contributed by atoms with Crippen LogP contribution in [0.5, 0.6) is 5.75 Å². The Morgan fingerprint density at radius 3 is 2.67 bits per heavy atom. The lowest BCUT2D eigenvalue weighted by Gasteiger charge is -2.08. The number of rotatable bonds is 6. The van der Waals surface area contributed by atoms with E-state index in [-0.39, 0.29) is 12.5 Å².